The molecule has 8 heteroatoms. The van der Waals surface area contributed by atoms with Crippen molar-refractivity contribution in [1.82, 2.24) is 0 Å². The molecule has 142 valence electrons. The predicted octanol–water partition coefficient (Wildman–Crippen LogP) is 4.07. The predicted molar refractivity (Wildman–Crippen MR) is 91.0 cm³/mol. The van der Waals surface area contributed by atoms with Crippen LogP contribution in [-0.2, 0) is 17.3 Å². The van der Waals surface area contributed by atoms with E-state index in [0.717, 1.165) is 6.07 Å². The number of fused-ring (bicyclic) bond motifs is 1. The summed E-state index contributed by atoms with van der Waals surface area (Å²) in [6.45, 7) is 1.45. The van der Waals surface area contributed by atoms with Gasteiger partial charge in [0.25, 0.3) is 5.91 Å². The summed E-state index contributed by atoms with van der Waals surface area (Å²) in [6, 6.07) is 9.14. The van der Waals surface area contributed by atoms with Crippen molar-refractivity contribution < 1.29 is 32.2 Å². The monoisotopic (exact) mass is 379 g/mol. The number of halogens is 3. The Morgan fingerprint density at radius 3 is 2.56 bits per heavy atom. The maximum Gasteiger partial charge on any atom is 0.417 e. The van der Waals surface area contributed by atoms with Crippen LogP contribution in [0.2, 0.25) is 0 Å². The van der Waals surface area contributed by atoms with E-state index >= 15 is 0 Å². The van der Waals surface area contributed by atoms with Crippen LogP contribution in [-0.4, -0.2) is 25.1 Å². The molecule has 0 aromatic heterocycles. The van der Waals surface area contributed by atoms with E-state index in [0.29, 0.717) is 5.56 Å². The number of amides is 1. The number of rotatable bonds is 4. The molecule has 1 aliphatic rings. The van der Waals surface area contributed by atoms with Gasteiger partial charge in [0.1, 0.15) is 5.75 Å². The molecule has 0 radical (unpaired) electrons. The zero-order valence-electron chi connectivity index (χ0n) is 14.4. The Morgan fingerprint density at radius 1 is 1.22 bits per heavy atom. The largest absolute Gasteiger partial charge is 0.491 e. The quantitative estimate of drug-likeness (QED) is 0.814. The first-order valence-corrected chi connectivity index (χ1v) is 8.26. The van der Waals surface area contributed by atoms with Crippen LogP contribution in [0.5, 0.6) is 5.75 Å². The SMILES string of the molecule is CCOC(=O)c1cc(NC(=O)c2ccccc2)c2c(c1C(F)(F)F)CCO2. The summed E-state index contributed by atoms with van der Waals surface area (Å²) in [4.78, 5) is 24.5. The molecule has 1 amide bonds. The lowest BCUT2D eigenvalue weighted by atomic mass is 9.97. The number of alkyl halides is 3. The van der Waals surface area contributed by atoms with Gasteiger partial charge in [-0.15, -0.1) is 0 Å². The van der Waals surface area contributed by atoms with Crippen LogP contribution in [0, 0.1) is 0 Å². The Labute approximate surface area is 153 Å². The number of benzene rings is 2. The Bertz CT molecular complexity index is 879. The van der Waals surface area contributed by atoms with Crippen LogP contribution >= 0.6 is 0 Å². The van der Waals surface area contributed by atoms with E-state index in [-0.39, 0.29) is 36.6 Å². The molecule has 0 aliphatic carbocycles. The van der Waals surface area contributed by atoms with Crippen molar-refractivity contribution >= 4 is 17.6 Å². The summed E-state index contributed by atoms with van der Waals surface area (Å²) in [5, 5.41) is 2.54. The van der Waals surface area contributed by atoms with Gasteiger partial charge in [-0.05, 0) is 25.1 Å². The summed E-state index contributed by atoms with van der Waals surface area (Å²) in [7, 11) is 0. The van der Waals surface area contributed by atoms with Crippen molar-refractivity contribution in [2.24, 2.45) is 0 Å². The average Bonchev–Trinajstić information content (AvgIpc) is 3.10. The van der Waals surface area contributed by atoms with Crippen LogP contribution in [0.1, 0.15) is 38.8 Å². The first kappa shape index (κ1) is 18.8. The van der Waals surface area contributed by atoms with Crippen LogP contribution < -0.4 is 10.1 Å². The highest BCUT2D eigenvalue weighted by Crippen LogP contribution is 2.45. The number of ether oxygens (including phenoxy) is 2. The highest BCUT2D eigenvalue weighted by Gasteiger charge is 2.42. The summed E-state index contributed by atoms with van der Waals surface area (Å²) >= 11 is 0. The molecule has 0 fully saturated rings. The molecule has 1 aliphatic heterocycles. The number of hydrogen-bond donors (Lipinski definition) is 1. The number of anilines is 1. The maximum absolute atomic E-state index is 13.6. The van der Waals surface area contributed by atoms with Gasteiger partial charge in [0.2, 0.25) is 0 Å². The number of hydrogen-bond acceptors (Lipinski definition) is 4. The van der Waals surface area contributed by atoms with Crippen LogP contribution in [0.4, 0.5) is 18.9 Å². The Hall–Kier alpha value is -3.03. The smallest absolute Gasteiger partial charge is 0.417 e. The van der Waals surface area contributed by atoms with E-state index in [2.05, 4.69) is 5.32 Å². The van der Waals surface area contributed by atoms with Crippen molar-refractivity contribution in [3.63, 3.8) is 0 Å². The minimum Gasteiger partial charge on any atom is -0.491 e. The fourth-order valence-electron chi connectivity index (χ4n) is 2.95. The third-order valence-electron chi connectivity index (χ3n) is 4.04. The first-order valence-electron chi connectivity index (χ1n) is 8.26. The van der Waals surface area contributed by atoms with E-state index in [4.69, 9.17) is 9.47 Å². The van der Waals surface area contributed by atoms with Crippen LogP contribution in [0.15, 0.2) is 36.4 Å². The third kappa shape index (κ3) is 3.74. The fourth-order valence-corrected chi connectivity index (χ4v) is 2.95. The van der Waals surface area contributed by atoms with Gasteiger partial charge in [-0.25, -0.2) is 4.79 Å². The molecule has 0 spiro atoms. The Kier molecular flexibility index (Phi) is 5.07. The average molecular weight is 379 g/mol. The van der Waals surface area contributed by atoms with E-state index in [1.165, 1.54) is 6.92 Å². The van der Waals surface area contributed by atoms with E-state index in [9.17, 15) is 22.8 Å². The van der Waals surface area contributed by atoms with Crippen molar-refractivity contribution in [3.05, 3.63) is 58.7 Å². The highest BCUT2D eigenvalue weighted by atomic mass is 19.4. The van der Waals surface area contributed by atoms with Gasteiger partial charge in [-0.2, -0.15) is 13.2 Å². The van der Waals surface area contributed by atoms with Crippen molar-refractivity contribution in [3.8, 4) is 5.75 Å². The maximum atomic E-state index is 13.6. The van der Waals surface area contributed by atoms with Crippen molar-refractivity contribution in [2.75, 3.05) is 18.5 Å². The molecule has 0 saturated carbocycles. The van der Waals surface area contributed by atoms with Gasteiger partial charge in [-0.3, -0.25) is 4.79 Å². The molecular weight excluding hydrogens is 363 g/mol. The third-order valence-corrected chi connectivity index (χ3v) is 4.04. The molecule has 1 heterocycles. The van der Waals surface area contributed by atoms with E-state index < -0.39 is 29.2 Å². The zero-order chi connectivity index (χ0) is 19.6. The minimum atomic E-state index is -4.76. The van der Waals surface area contributed by atoms with Gasteiger partial charge in [0, 0.05) is 17.5 Å². The second kappa shape index (κ2) is 7.30. The second-order valence-corrected chi connectivity index (χ2v) is 5.79. The summed E-state index contributed by atoms with van der Waals surface area (Å²) in [6.07, 6.45) is -4.78. The number of carbonyl (C=O) groups excluding carboxylic acids is 2. The van der Waals surface area contributed by atoms with Crippen LogP contribution in [0.3, 0.4) is 0 Å². The summed E-state index contributed by atoms with van der Waals surface area (Å²) < 4.78 is 50.9. The molecule has 1 N–H and O–H groups in total. The molecule has 0 atom stereocenters. The molecule has 2 aromatic rings. The van der Waals surface area contributed by atoms with Gasteiger partial charge >= 0.3 is 12.1 Å². The minimum absolute atomic E-state index is 0.00686. The molecule has 0 unspecified atom stereocenters. The zero-order valence-corrected chi connectivity index (χ0v) is 14.4. The molecular formula is C19H16F3NO4. The van der Waals surface area contributed by atoms with Gasteiger partial charge < -0.3 is 14.8 Å². The van der Waals surface area contributed by atoms with Crippen molar-refractivity contribution in [1.29, 1.82) is 0 Å². The molecule has 3 rings (SSSR count). The lowest BCUT2D eigenvalue weighted by molar-refractivity contribution is -0.138. The van der Waals surface area contributed by atoms with Crippen LogP contribution in [0.25, 0.3) is 0 Å². The molecule has 0 bridgehead atoms. The summed E-state index contributed by atoms with van der Waals surface area (Å²) in [5.74, 6) is -1.70. The van der Waals surface area contributed by atoms with Gasteiger partial charge in [0.15, 0.2) is 0 Å². The lowest BCUT2D eigenvalue weighted by Crippen LogP contribution is -2.19. The van der Waals surface area contributed by atoms with E-state index in [1.807, 2.05) is 0 Å². The number of esters is 1. The molecule has 2 aromatic carbocycles. The normalized spacial score (nSPS) is 12.9. The van der Waals surface area contributed by atoms with E-state index in [1.54, 1.807) is 30.3 Å². The molecule has 27 heavy (non-hydrogen) atoms. The fraction of sp³-hybridized carbons (Fsp3) is 0.263. The number of nitrogens with one attached hydrogen (secondary N) is 1. The van der Waals surface area contributed by atoms with Crippen molar-refractivity contribution in [2.45, 2.75) is 19.5 Å². The van der Waals surface area contributed by atoms with Gasteiger partial charge in [0.05, 0.1) is 30.0 Å². The topological polar surface area (TPSA) is 64.6 Å². The Balaban J connectivity index is 2.10. The second-order valence-electron chi connectivity index (χ2n) is 5.79. The highest BCUT2D eigenvalue weighted by molar-refractivity contribution is 6.06. The molecule has 5 nitrogen and oxygen atoms in total. The first-order chi connectivity index (χ1) is 12.8. The number of carbonyl (C=O) groups is 2. The summed E-state index contributed by atoms with van der Waals surface area (Å²) in [5.41, 5.74) is -1.55. The Morgan fingerprint density at radius 2 is 1.93 bits per heavy atom. The standard InChI is InChI=1S/C19H16F3NO4/c1-2-26-18(25)13-10-14(23-17(24)11-6-4-3-5-7-11)16-12(8-9-27-16)15(13)19(20,21)22/h3-7,10H,2,8-9H2,1H3,(H,23,24). The lowest BCUT2D eigenvalue weighted by Gasteiger charge is -2.18. The molecule has 0 saturated heterocycles. The van der Waals surface area contributed by atoms with Gasteiger partial charge in [-0.1, -0.05) is 18.2 Å².